The van der Waals surface area contributed by atoms with Crippen molar-refractivity contribution in [3.05, 3.63) is 36.0 Å². The number of hydrogen-bond acceptors (Lipinski definition) is 6. The summed E-state index contributed by atoms with van der Waals surface area (Å²) < 4.78 is 11.1. The average Bonchev–Trinajstić information content (AvgIpc) is 2.68. The zero-order valence-electron chi connectivity index (χ0n) is 15.2. The monoisotopic (exact) mass is 356 g/mol. The van der Waals surface area contributed by atoms with E-state index < -0.39 is 0 Å². The number of nitrogens with zero attached hydrogens (tertiary/aromatic N) is 3. The summed E-state index contributed by atoms with van der Waals surface area (Å²) >= 11 is 0. The molecule has 0 saturated heterocycles. The number of aromatic nitrogens is 2. The van der Waals surface area contributed by atoms with Crippen molar-refractivity contribution in [1.82, 2.24) is 15.1 Å². The minimum absolute atomic E-state index is 0.0768. The summed E-state index contributed by atoms with van der Waals surface area (Å²) in [5.41, 5.74) is 1.18. The lowest BCUT2D eigenvalue weighted by Crippen LogP contribution is -2.33. The molecule has 7 nitrogen and oxygen atoms in total. The van der Waals surface area contributed by atoms with Crippen LogP contribution in [0.3, 0.4) is 0 Å². The topological polar surface area (TPSA) is 76.6 Å². The molecule has 2 aromatic rings. The number of fused-ring (bicyclic) bond motifs is 1. The van der Waals surface area contributed by atoms with Gasteiger partial charge in [-0.25, -0.2) is 0 Å². The third-order valence-corrected chi connectivity index (χ3v) is 3.97. The minimum Gasteiger partial charge on any atom is -0.486 e. The van der Waals surface area contributed by atoms with Gasteiger partial charge in [0.15, 0.2) is 23.0 Å². The van der Waals surface area contributed by atoms with E-state index in [1.165, 1.54) is 0 Å². The summed E-state index contributed by atoms with van der Waals surface area (Å²) in [6, 6.07) is 9.06. The Morgan fingerprint density at radius 3 is 2.42 bits per heavy atom. The Bertz CT molecular complexity index is 743. The quantitative estimate of drug-likeness (QED) is 0.821. The molecule has 1 aliphatic heterocycles. The maximum absolute atomic E-state index is 12.5. The first-order chi connectivity index (χ1) is 12.7. The van der Waals surface area contributed by atoms with E-state index in [1.807, 2.05) is 23.1 Å². The highest BCUT2D eigenvalue weighted by Crippen LogP contribution is 2.33. The lowest BCUT2D eigenvalue weighted by molar-refractivity contribution is 0.0748. The van der Waals surface area contributed by atoms with Crippen LogP contribution < -0.4 is 14.8 Å². The number of anilines is 2. The molecule has 7 heteroatoms. The third kappa shape index (κ3) is 4.22. The largest absolute Gasteiger partial charge is 0.486 e. The lowest BCUT2D eigenvalue weighted by atomic mass is 10.2. The third-order valence-electron chi connectivity index (χ3n) is 3.97. The van der Waals surface area contributed by atoms with Crippen LogP contribution in [0, 0.1) is 0 Å². The molecule has 3 rings (SSSR count). The Kier molecular flexibility index (Phi) is 5.88. The van der Waals surface area contributed by atoms with Crippen LogP contribution in [-0.4, -0.2) is 47.3 Å². The second-order valence-corrected chi connectivity index (χ2v) is 6.08. The zero-order valence-corrected chi connectivity index (χ0v) is 15.2. The fourth-order valence-electron chi connectivity index (χ4n) is 2.80. The first kappa shape index (κ1) is 18.0. The van der Waals surface area contributed by atoms with Gasteiger partial charge in [0.25, 0.3) is 5.91 Å². The van der Waals surface area contributed by atoms with Gasteiger partial charge in [0, 0.05) is 24.8 Å². The summed E-state index contributed by atoms with van der Waals surface area (Å²) in [4.78, 5) is 14.3. The van der Waals surface area contributed by atoms with Crippen LogP contribution in [0.15, 0.2) is 30.3 Å². The predicted molar refractivity (Wildman–Crippen MR) is 99.2 cm³/mol. The van der Waals surface area contributed by atoms with Crippen LogP contribution in [0.5, 0.6) is 11.5 Å². The summed E-state index contributed by atoms with van der Waals surface area (Å²) in [5.74, 6) is 1.93. The summed E-state index contributed by atoms with van der Waals surface area (Å²) in [7, 11) is 0. The number of rotatable bonds is 7. The molecular weight excluding hydrogens is 332 g/mol. The van der Waals surface area contributed by atoms with Crippen LogP contribution in [0.1, 0.15) is 37.2 Å². The van der Waals surface area contributed by atoms with Crippen molar-refractivity contribution in [1.29, 1.82) is 0 Å². The van der Waals surface area contributed by atoms with Gasteiger partial charge in [-0.2, -0.15) is 0 Å². The predicted octanol–water partition coefficient (Wildman–Crippen LogP) is 3.25. The SMILES string of the molecule is CCCN(CCC)C(=O)c1ccc(Nc2ccc3c(c2)OCCO3)nn1. The Balaban J connectivity index is 1.68. The molecule has 1 aromatic heterocycles. The van der Waals surface area contributed by atoms with Gasteiger partial charge in [0.2, 0.25) is 0 Å². The molecule has 0 radical (unpaired) electrons. The van der Waals surface area contributed by atoms with Crippen LogP contribution >= 0.6 is 0 Å². The second-order valence-electron chi connectivity index (χ2n) is 6.08. The normalized spacial score (nSPS) is 12.5. The highest BCUT2D eigenvalue weighted by Gasteiger charge is 2.16. The van der Waals surface area contributed by atoms with Gasteiger partial charge in [-0.3, -0.25) is 4.79 Å². The second kappa shape index (κ2) is 8.51. The van der Waals surface area contributed by atoms with Crippen LogP contribution in [0.2, 0.25) is 0 Å². The molecule has 0 saturated carbocycles. The molecule has 26 heavy (non-hydrogen) atoms. The van der Waals surface area contributed by atoms with Crippen molar-refractivity contribution in [2.24, 2.45) is 0 Å². The van der Waals surface area contributed by atoms with Crippen molar-refractivity contribution in [2.75, 3.05) is 31.6 Å². The minimum atomic E-state index is -0.0768. The number of carbonyl (C=O) groups is 1. The molecule has 1 aromatic carbocycles. The molecule has 0 bridgehead atoms. The van der Waals surface area contributed by atoms with E-state index in [4.69, 9.17) is 9.47 Å². The number of hydrogen-bond donors (Lipinski definition) is 1. The number of benzene rings is 1. The van der Waals surface area contributed by atoms with E-state index in [0.717, 1.165) is 37.4 Å². The number of amides is 1. The molecule has 1 aliphatic rings. The molecule has 0 unspecified atom stereocenters. The van der Waals surface area contributed by atoms with Crippen molar-refractivity contribution in [3.8, 4) is 11.5 Å². The van der Waals surface area contributed by atoms with Crippen molar-refractivity contribution in [3.63, 3.8) is 0 Å². The number of carbonyl (C=O) groups excluding carboxylic acids is 1. The van der Waals surface area contributed by atoms with E-state index in [0.29, 0.717) is 30.5 Å². The molecule has 0 fully saturated rings. The molecule has 1 N–H and O–H groups in total. The molecular formula is C19H24N4O3. The van der Waals surface area contributed by atoms with E-state index >= 15 is 0 Å². The summed E-state index contributed by atoms with van der Waals surface area (Å²) in [5, 5.41) is 11.4. The van der Waals surface area contributed by atoms with Gasteiger partial charge in [-0.15, -0.1) is 10.2 Å². The molecule has 0 atom stereocenters. The summed E-state index contributed by atoms with van der Waals surface area (Å²) in [6.45, 7) is 6.67. The number of nitrogens with one attached hydrogen (secondary N) is 1. The highest BCUT2D eigenvalue weighted by atomic mass is 16.6. The van der Waals surface area contributed by atoms with Crippen molar-refractivity contribution >= 4 is 17.4 Å². The van der Waals surface area contributed by atoms with Gasteiger partial charge >= 0.3 is 0 Å². The Labute approximate surface area is 153 Å². The van der Waals surface area contributed by atoms with Gasteiger partial charge < -0.3 is 19.7 Å². The van der Waals surface area contributed by atoms with Crippen molar-refractivity contribution in [2.45, 2.75) is 26.7 Å². The van der Waals surface area contributed by atoms with Crippen LogP contribution in [0.4, 0.5) is 11.5 Å². The lowest BCUT2D eigenvalue weighted by Gasteiger charge is -2.20. The molecule has 0 spiro atoms. The van der Waals surface area contributed by atoms with Gasteiger partial charge in [-0.1, -0.05) is 13.8 Å². The Morgan fingerprint density at radius 1 is 1.04 bits per heavy atom. The van der Waals surface area contributed by atoms with E-state index in [1.54, 1.807) is 12.1 Å². The zero-order chi connectivity index (χ0) is 18.4. The summed E-state index contributed by atoms with van der Waals surface area (Å²) in [6.07, 6.45) is 1.84. The van der Waals surface area contributed by atoms with Crippen LogP contribution in [-0.2, 0) is 0 Å². The van der Waals surface area contributed by atoms with E-state index in [2.05, 4.69) is 29.4 Å². The Morgan fingerprint density at radius 2 is 1.77 bits per heavy atom. The van der Waals surface area contributed by atoms with E-state index in [9.17, 15) is 4.79 Å². The van der Waals surface area contributed by atoms with Gasteiger partial charge in [0.1, 0.15) is 13.2 Å². The highest BCUT2D eigenvalue weighted by molar-refractivity contribution is 5.92. The van der Waals surface area contributed by atoms with Gasteiger partial charge in [-0.05, 0) is 37.1 Å². The maximum atomic E-state index is 12.5. The van der Waals surface area contributed by atoms with Crippen molar-refractivity contribution < 1.29 is 14.3 Å². The molecule has 138 valence electrons. The first-order valence-electron chi connectivity index (χ1n) is 9.01. The van der Waals surface area contributed by atoms with Crippen LogP contribution in [0.25, 0.3) is 0 Å². The molecule has 1 amide bonds. The number of ether oxygens (including phenoxy) is 2. The standard InChI is InChI=1S/C19H24N4O3/c1-3-9-23(10-4-2)19(24)15-6-8-18(22-21-15)20-14-5-7-16-17(13-14)26-12-11-25-16/h5-8,13H,3-4,9-12H2,1-2H3,(H,20,22). The molecule has 0 aliphatic carbocycles. The first-order valence-corrected chi connectivity index (χ1v) is 9.01. The maximum Gasteiger partial charge on any atom is 0.274 e. The fraction of sp³-hybridized carbons (Fsp3) is 0.421. The fourth-order valence-corrected chi connectivity index (χ4v) is 2.80. The smallest absolute Gasteiger partial charge is 0.274 e. The Hall–Kier alpha value is -2.83. The van der Waals surface area contributed by atoms with E-state index in [-0.39, 0.29) is 5.91 Å². The van der Waals surface area contributed by atoms with Gasteiger partial charge in [0.05, 0.1) is 0 Å². The molecule has 2 heterocycles. The average molecular weight is 356 g/mol.